The largest absolute Gasteiger partial charge is 0.454 e. The number of esters is 1. The van der Waals surface area contributed by atoms with E-state index in [9.17, 15) is 9.90 Å². The van der Waals surface area contributed by atoms with Gasteiger partial charge in [0.1, 0.15) is 5.60 Å². The molecule has 88 valence electrons. The summed E-state index contributed by atoms with van der Waals surface area (Å²) in [5.41, 5.74) is -0.906. The second-order valence-electron chi connectivity index (χ2n) is 5.54. The maximum absolute atomic E-state index is 11.4. The third-order valence-corrected chi connectivity index (χ3v) is 2.18. The third-order valence-electron chi connectivity index (χ3n) is 2.18. The van der Waals surface area contributed by atoms with Gasteiger partial charge in [-0.05, 0) is 26.2 Å². The van der Waals surface area contributed by atoms with Crippen molar-refractivity contribution in [2.24, 2.45) is 5.41 Å². The topological polar surface area (TPSA) is 46.5 Å². The van der Waals surface area contributed by atoms with Crippen LogP contribution >= 0.6 is 0 Å². The molecule has 0 radical (unpaired) electrons. The van der Waals surface area contributed by atoms with Gasteiger partial charge in [-0.3, -0.25) is 0 Å². The van der Waals surface area contributed by atoms with E-state index in [1.54, 1.807) is 20.8 Å². The molecule has 0 amide bonds. The molecule has 15 heavy (non-hydrogen) atoms. The van der Waals surface area contributed by atoms with Crippen LogP contribution in [0.4, 0.5) is 0 Å². The number of hydrogen-bond donors (Lipinski definition) is 1. The fourth-order valence-electron chi connectivity index (χ4n) is 1.42. The Hall–Kier alpha value is -0.830. The molecule has 0 saturated heterocycles. The molecule has 0 aromatic carbocycles. The molecule has 0 rings (SSSR count). The SMILES string of the molecule is C=C(C)C(=O)OC(C)(C)C(O)C(C)(C)C. The molecule has 0 aromatic heterocycles. The fourth-order valence-corrected chi connectivity index (χ4v) is 1.42. The highest BCUT2D eigenvalue weighted by Crippen LogP contribution is 2.30. The molecular weight excluding hydrogens is 192 g/mol. The highest BCUT2D eigenvalue weighted by Gasteiger charge is 2.39. The molecule has 3 heteroatoms. The Morgan fingerprint density at radius 3 is 1.93 bits per heavy atom. The molecule has 0 aromatic rings. The minimum absolute atomic E-state index is 0.334. The van der Waals surface area contributed by atoms with E-state index in [1.165, 1.54) is 0 Å². The molecule has 3 nitrogen and oxygen atoms in total. The van der Waals surface area contributed by atoms with Gasteiger partial charge in [0.05, 0.1) is 6.10 Å². The molecule has 1 atom stereocenters. The molecule has 0 spiro atoms. The zero-order chi connectivity index (χ0) is 12.4. The van der Waals surface area contributed by atoms with E-state index >= 15 is 0 Å². The zero-order valence-corrected chi connectivity index (χ0v) is 10.5. The summed E-state index contributed by atoms with van der Waals surface area (Å²) in [7, 11) is 0. The summed E-state index contributed by atoms with van der Waals surface area (Å²) in [6.45, 7) is 14.2. The van der Waals surface area contributed by atoms with E-state index in [-0.39, 0.29) is 5.41 Å². The van der Waals surface area contributed by atoms with Gasteiger partial charge in [-0.1, -0.05) is 27.4 Å². The summed E-state index contributed by atoms with van der Waals surface area (Å²) in [5, 5.41) is 10.0. The maximum Gasteiger partial charge on any atom is 0.333 e. The summed E-state index contributed by atoms with van der Waals surface area (Å²) in [6, 6.07) is 0. The average Bonchev–Trinajstić information content (AvgIpc) is 2.00. The van der Waals surface area contributed by atoms with Gasteiger partial charge >= 0.3 is 5.97 Å². The number of hydrogen-bond acceptors (Lipinski definition) is 3. The van der Waals surface area contributed by atoms with Gasteiger partial charge in [0, 0.05) is 5.57 Å². The lowest BCUT2D eigenvalue weighted by Gasteiger charge is -2.38. The van der Waals surface area contributed by atoms with E-state index in [2.05, 4.69) is 6.58 Å². The molecule has 0 bridgehead atoms. The van der Waals surface area contributed by atoms with Crippen LogP contribution in [-0.4, -0.2) is 22.8 Å². The van der Waals surface area contributed by atoms with Gasteiger partial charge in [-0.15, -0.1) is 0 Å². The maximum atomic E-state index is 11.4. The van der Waals surface area contributed by atoms with Crippen molar-refractivity contribution in [3.05, 3.63) is 12.2 Å². The van der Waals surface area contributed by atoms with E-state index in [0.29, 0.717) is 5.57 Å². The minimum Gasteiger partial charge on any atom is -0.454 e. The first-order chi connectivity index (χ1) is 6.48. The lowest BCUT2D eigenvalue weighted by Crippen LogP contribution is -2.48. The van der Waals surface area contributed by atoms with Gasteiger partial charge in [-0.25, -0.2) is 4.79 Å². The smallest absolute Gasteiger partial charge is 0.333 e. The zero-order valence-electron chi connectivity index (χ0n) is 10.5. The van der Waals surface area contributed by atoms with Crippen molar-refractivity contribution in [2.75, 3.05) is 0 Å². The molecule has 0 saturated carbocycles. The van der Waals surface area contributed by atoms with Crippen molar-refractivity contribution in [1.29, 1.82) is 0 Å². The Kier molecular flexibility index (Phi) is 4.11. The van der Waals surface area contributed by atoms with Crippen LogP contribution < -0.4 is 0 Å². The minimum atomic E-state index is -0.908. The van der Waals surface area contributed by atoms with Crippen LogP contribution in [0, 0.1) is 5.41 Å². The van der Waals surface area contributed by atoms with E-state index in [0.717, 1.165) is 0 Å². The standard InChI is InChI=1S/C12H22O3/c1-8(2)9(13)15-12(6,7)10(14)11(3,4)5/h10,14H,1H2,2-7H3. The Balaban J connectivity index is 4.69. The number of aliphatic hydroxyl groups is 1. The van der Waals surface area contributed by atoms with Crippen LogP contribution in [0.1, 0.15) is 41.5 Å². The first-order valence-electron chi connectivity index (χ1n) is 5.05. The van der Waals surface area contributed by atoms with Crippen LogP contribution in [0.2, 0.25) is 0 Å². The highest BCUT2D eigenvalue weighted by atomic mass is 16.6. The normalized spacial score (nSPS) is 14.6. The molecule has 0 aliphatic carbocycles. The quantitative estimate of drug-likeness (QED) is 0.579. The average molecular weight is 214 g/mol. The molecule has 1 unspecified atom stereocenters. The summed E-state index contributed by atoms with van der Waals surface area (Å²) >= 11 is 0. The third kappa shape index (κ3) is 4.04. The van der Waals surface area contributed by atoms with Gasteiger partial charge in [0.15, 0.2) is 0 Å². The summed E-state index contributed by atoms with van der Waals surface area (Å²) < 4.78 is 5.20. The molecule has 0 aliphatic heterocycles. The predicted molar refractivity (Wildman–Crippen MR) is 60.4 cm³/mol. The number of carbonyl (C=O) groups is 1. The van der Waals surface area contributed by atoms with Crippen LogP contribution in [0.3, 0.4) is 0 Å². The summed E-state index contributed by atoms with van der Waals surface area (Å²) in [5.74, 6) is -0.469. The molecule has 0 fully saturated rings. The highest BCUT2D eigenvalue weighted by molar-refractivity contribution is 5.87. The number of carbonyl (C=O) groups excluding carboxylic acids is 1. The first kappa shape index (κ1) is 14.2. The van der Waals surface area contributed by atoms with E-state index in [1.807, 2.05) is 20.8 Å². The van der Waals surface area contributed by atoms with Crippen LogP contribution in [0.5, 0.6) is 0 Å². The monoisotopic (exact) mass is 214 g/mol. The molecule has 0 heterocycles. The van der Waals surface area contributed by atoms with Crippen molar-refractivity contribution >= 4 is 5.97 Å². The fraction of sp³-hybridized carbons (Fsp3) is 0.750. The Morgan fingerprint density at radius 2 is 1.67 bits per heavy atom. The van der Waals surface area contributed by atoms with Crippen LogP contribution in [0.15, 0.2) is 12.2 Å². The first-order valence-corrected chi connectivity index (χ1v) is 5.05. The van der Waals surface area contributed by atoms with Crippen molar-refractivity contribution in [3.63, 3.8) is 0 Å². The summed E-state index contributed by atoms with van der Waals surface area (Å²) in [6.07, 6.45) is -0.728. The number of rotatable bonds is 3. The number of ether oxygens (including phenoxy) is 1. The van der Waals surface area contributed by atoms with Crippen molar-refractivity contribution < 1.29 is 14.6 Å². The van der Waals surface area contributed by atoms with E-state index in [4.69, 9.17) is 4.74 Å². The van der Waals surface area contributed by atoms with Crippen LogP contribution in [-0.2, 0) is 9.53 Å². The lowest BCUT2D eigenvalue weighted by atomic mass is 9.80. The van der Waals surface area contributed by atoms with Gasteiger partial charge < -0.3 is 9.84 Å². The number of aliphatic hydroxyl groups excluding tert-OH is 1. The van der Waals surface area contributed by atoms with Crippen molar-refractivity contribution in [3.8, 4) is 0 Å². The Labute approximate surface area is 92.1 Å². The van der Waals surface area contributed by atoms with Gasteiger partial charge in [0.25, 0.3) is 0 Å². The van der Waals surface area contributed by atoms with Crippen molar-refractivity contribution in [1.82, 2.24) is 0 Å². The van der Waals surface area contributed by atoms with Crippen LogP contribution in [0.25, 0.3) is 0 Å². The summed E-state index contributed by atoms with van der Waals surface area (Å²) in [4.78, 5) is 11.4. The predicted octanol–water partition coefficient (Wildman–Crippen LogP) is 2.29. The Morgan fingerprint density at radius 1 is 1.27 bits per heavy atom. The lowest BCUT2D eigenvalue weighted by molar-refractivity contribution is -0.171. The van der Waals surface area contributed by atoms with E-state index < -0.39 is 17.7 Å². The molecular formula is C12H22O3. The van der Waals surface area contributed by atoms with Gasteiger partial charge in [0.2, 0.25) is 0 Å². The van der Waals surface area contributed by atoms with Crippen molar-refractivity contribution in [2.45, 2.75) is 53.2 Å². The second kappa shape index (κ2) is 4.35. The molecule has 1 N–H and O–H groups in total. The Bertz CT molecular complexity index is 259. The second-order valence-corrected chi connectivity index (χ2v) is 5.54. The van der Waals surface area contributed by atoms with Gasteiger partial charge in [-0.2, -0.15) is 0 Å². The molecule has 0 aliphatic rings.